The summed E-state index contributed by atoms with van der Waals surface area (Å²) < 4.78 is 10.8. The van der Waals surface area contributed by atoms with Gasteiger partial charge in [0.2, 0.25) is 0 Å². The highest BCUT2D eigenvalue weighted by Crippen LogP contribution is 2.30. The first-order chi connectivity index (χ1) is 8.69. The highest BCUT2D eigenvalue weighted by molar-refractivity contribution is 6.31. The monoisotopic (exact) mass is 271 g/mol. The Labute approximate surface area is 114 Å². The van der Waals surface area contributed by atoms with E-state index in [-0.39, 0.29) is 0 Å². The Balaban J connectivity index is 2.43. The van der Waals surface area contributed by atoms with Crippen LogP contribution in [0.1, 0.15) is 25.3 Å². The van der Waals surface area contributed by atoms with Gasteiger partial charge >= 0.3 is 0 Å². The summed E-state index contributed by atoms with van der Waals surface area (Å²) in [5, 5.41) is 4.02. The Kier molecular flexibility index (Phi) is 6.91. The van der Waals surface area contributed by atoms with E-state index in [1.54, 1.807) is 7.11 Å². The van der Waals surface area contributed by atoms with E-state index in [1.165, 1.54) is 0 Å². The molecule has 0 aromatic heterocycles. The topological polar surface area (TPSA) is 30.5 Å². The van der Waals surface area contributed by atoms with Crippen molar-refractivity contribution in [2.24, 2.45) is 0 Å². The van der Waals surface area contributed by atoms with Crippen LogP contribution in [0.25, 0.3) is 0 Å². The summed E-state index contributed by atoms with van der Waals surface area (Å²) in [6.45, 7) is 6.43. The molecule has 4 heteroatoms. The Bertz CT molecular complexity index is 369. The van der Waals surface area contributed by atoms with Gasteiger partial charge in [0.25, 0.3) is 0 Å². The van der Waals surface area contributed by atoms with Crippen LogP contribution in [0.5, 0.6) is 5.75 Å². The smallest absolute Gasteiger partial charge is 0.143 e. The van der Waals surface area contributed by atoms with Crippen LogP contribution in [-0.2, 0) is 4.74 Å². The molecule has 3 nitrogen and oxygen atoms in total. The molecule has 1 aromatic carbocycles. The van der Waals surface area contributed by atoms with E-state index in [9.17, 15) is 0 Å². The van der Waals surface area contributed by atoms with E-state index < -0.39 is 0 Å². The normalized spacial score (nSPS) is 10.4. The van der Waals surface area contributed by atoms with Crippen LogP contribution in [-0.4, -0.2) is 26.9 Å². The first-order valence-electron chi connectivity index (χ1n) is 6.34. The first-order valence-corrected chi connectivity index (χ1v) is 6.72. The number of hydrogen-bond donors (Lipinski definition) is 1. The fourth-order valence-electron chi connectivity index (χ4n) is 1.58. The lowest BCUT2D eigenvalue weighted by molar-refractivity contribution is 0.141. The molecule has 102 valence electrons. The molecule has 0 saturated carbocycles. The van der Waals surface area contributed by atoms with Crippen molar-refractivity contribution >= 4 is 17.3 Å². The Hall–Kier alpha value is -0.930. The van der Waals surface area contributed by atoms with E-state index in [0.29, 0.717) is 6.61 Å². The number of unbranched alkanes of at least 4 members (excludes halogenated alkanes) is 1. The number of aryl methyl sites for hydroxylation is 1. The van der Waals surface area contributed by atoms with Gasteiger partial charge < -0.3 is 14.8 Å². The highest BCUT2D eigenvalue weighted by atomic mass is 35.5. The summed E-state index contributed by atoms with van der Waals surface area (Å²) in [7, 11) is 1.64. The number of rotatable bonds is 8. The van der Waals surface area contributed by atoms with Crippen molar-refractivity contribution in [3.05, 3.63) is 22.7 Å². The van der Waals surface area contributed by atoms with Gasteiger partial charge in [0.1, 0.15) is 5.75 Å². The zero-order valence-electron chi connectivity index (χ0n) is 11.4. The molecule has 0 bridgehead atoms. The number of hydrogen-bond acceptors (Lipinski definition) is 3. The van der Waals surface area contributed by atoms with Gasteiger partial charge in [-0.05, 0) is 25.0 Å². The van der Waals surface area contributed by atoms with E-state index in [4.69, 9.17) is 21.1 Å². The predicted octanol–water partition coefficient (Wildman–Crippen LogP) is 3.89. The van der Waals surface area contributed by atoms with Gasteiger partial charge in [-0.3, -0.25) is 0 Å². The number of ether oxygens (including phenoxy) is 2. The summed E-state index contributed by atoms with van der Waals surface area (Å²) in [5.41, 5.74) is 1.99. The van der Waals surface area contributed by atoms with E-state index in [0.717, 1.165) is 48.0 Å². The zero-order valence-corrected chi connectivity index (χ0v) is 12.1. The second-order valence-corrected chi connectivity index (χ2v) is 4.60. The van der Waals surface area contributed by atoms with Crippen molar-refractivity contribution < 1.29 is 9.47 Å². The van der Waals surface area contributed by atoms with E-state index >= 15 is 0 Å². The van der Waals surface area contributed by atoms with Crippen molar-refractivity contribution in [2.75, 3.05) is 32.2 Å². The fourth-order valence-corrected chi connectivity index (χ4v) is 1.73. The molecule has 0 saturated heterocycles. The maximum absolute atomic E-state index is 6.05. The number of benzene rings is 1. The van der Waals surface area contributed by atoms with Gasteiger partial charge in [0.05, 0.1) is 19.4 Å². The summed E-state index contributed by atoms with van der Waals surface area (Å²) in [4.78, 5) is 0. The Morgan fingerprint density at radius 3 is 2.72 bits per heavy atom. The third-order valence-electron chi connectivity index (χ3n) is 2.68. The molecule has 18 heavy (non-hydrogen) atoms. The number of methoxy groups -OCH3 is 1. The molecule has 1 N–H and O–H groups in total. The second kappa shape index (κ2) is 8.22. The molecular weight excluding hydrogens is 250 g/mol. The molecule has 0 atom stereocenters. The van der Waals surface area contributed by atoms with Crippen LogP contribution in [0, 0.1) is 6.92 Å². The van der Waals surface area contributed by atoms with Gasteiger partial charge in [0, 0.05) is 24.2 Å². The molecule has 0 unspecified atom stereocenters. The van der Waals surface area contributed by atoms with Crippen LogP contribution >= 0.6 is 11.6 Å². The lowest BCUT2D eigenvalue weighted by atomic mass is 10.2. The Morgan fingerprint density at radius 1 is 1.28 bits per heavy atom. The molecule has 0 amide bonds. The number of halogens is 1. The van der Waals surface area contributed by atoms with Crippen molar-refractivity contribution in [3.8, 4) is 5.75 Å². The number of anilines is 1. The maximum Gasteiger partial charge on any atom is 0.143 e. The second-order valence-electron chi connectivity index (χ2n) is 4.19. The maximum atomic E-state index is 6.05. The van der Waals surface area contributed by atoms with E-state index in [1.807, 2.05) is 19.1 Å². The molecule has 0 fully saturated rings. The minimum Gasteiger partial charge on any atom is -0.495 e. The third kappa shape index (κ3) is 4.75. The molecule has 0 radical (unpaired) electrons. The third-order valence-corrected chi connectivity index (χ3v) is 3.09. The van der Waals surface area contributed by atoms with Crippen molar-refractivity contribution in [1.82, 2.24) is 0 Å². The van der Waals surface area contributed by atoms with Crippen molar-refractivity contribution in [2.45, 2.75) is 26.7 Å². The predicted molar refractivity (Wildman–Crippen MR) is 77.0 cm³/mol. The fraction of sp³-hybridized carbons (Fsp3) is 0.571. The first kappa shape index (κ1) is 15.1. The van der Waals surface area contributed by atoms with Crippen LogP contribution in [0.2, 0.25) is 5.02 Å². The lowest BCUT2D eigenvalue weighted by Gasteiger charge is -2.13. The minimum absolute atomic E-state index is 0.699. The molecule has 0 aliphatic heterocycles. The minimum atomic E-state index is 0.699. The summed E-state index contributed by atoms with van der Waals surface area (Å²) in [5.74, 6) is 0.763. The molecule has 0 heterocycles. The van der Waals surface area contributed by atoms with Gasteiger partial charge in [-0.25, -0.2) is 0 Å². The lowest BCUT2D eigenvalue weighted by Crippen LogP contribution is -2.10. The number of nitrogens with one attached hydrogen (secondary N) is 1. The van der Waals surface area contributed by atoms with Crippen LogP contribution in [0.3, 0.4) is 0 Å². The average Bonchev–Trinajstić information content (AvgIpc) is 2.37. The van der Waals surface area contributed by atoms with Crippen LogP contribution in [0.15, 0.2) is 12.1 Å². The van der Waals surface area contributed by atoms with Gasteiger partial charge in [-0.1, -0.05) is 24.9 Å². The molecule has 0 aliphatic rings. The van der Waals surface area contributed by atoms with Crippen molar-refractivity contribution in [3.63, 3.8) is 0 Å². The molecule has 0 aliphatic carbocycles. The highest BCUT2D eigenvalue weighted by Gasteiger charge is 2.06. The summed E-state index contributed by atoms with van der Waals surface area (Å²) >= 11 is 6.05. The summed E-state index contributed by atoms with van der Waals surface area (Å²) in [6, 6.07) is 3.82. The van der Waals surface area contributed by atoms with Gasteiger partial charge in [-0.2, -0.15) is 0 Å². The Morgan fingerprint density at radius 2 is 2.06 bits per heavy atom. The summed E-state index contributed by atoms with van der Waals surface area (Å²) in [6.07, 6.45) is 2.28. The molecular formula is C14H22ClNO2. The zero-order chi connectivity index (χ0) is 13.4. The average molecular weight is 272 g/mol. The molecule has 1 aromatic rings. The van der Waals surface area contributed by atoms with Gasteiger partial charge in [-0.15, -0.1) is 0 Å². The quantitative estimate of drug-likeness (QED) is 0.728. The van der Waals surface area contributed by atoms with E-state index in [2.05, 4.69) is 12.2 Å². The molecule has 0 spiro atoms. The SMILES string of the molecule is CCCCOCCNc1cc(C)c(Cl)cc1OC. The van der Waals surface area contributed by atoms with Crippen LogP contribution in [0.4, 0.5) is 5.69 Å². The molecule has 1 rings (SSSR count). The van der Waals surface area contributed by atoms with Gasteiger partial charge in [0.15, 0.2) is 0 Å². The van der Waals surface area contributed by atoms with Crippen LogP contribution < -0.4 is 10.1 Å². The standard InChI is InChI=1S/C14H22ClNO2/c1-4-5-7-18-8-6-16-13-9-11(2)12(15)10-14(13)17-3/h9-10,16H,4-8H2,1-3H3. The largest absolute Gasteiger partial charge is 0.495 e. The van der Waals surface area contributed by atoms with Crippen molar-refractivity contribution in [1.29, 1.82) is 0 Å².